The molecule has 1 amide bonds. The van der Waals surface area contributed by atoms with Crippen LogP contribution in [0.25, 0.3) is 0 Å². The van der Waals surface area contributed by atoms with Crippen molar-refractivity contribution in [1.82, 2.24) is 4.90 Å². The Morgan fingerprint density at radius 1 is 1.23 bits per heavy atom. The summed E-state index contributed by atoms with van der Waals surface area (Å²) in [5.74, 6) is -0.405. The topological polar surface area (TPSA) is 46.6 Å². The van der Waals surface area contributed by atoms with E-state index in [0.29, 0.717) is 24.6 Å². The summed E-state index contributed by atoms with van der Waals surface area (Å²) in [7, 11) is 0. The zero-order chi connectivity index (χ0) is 15.5. The molecule has 1 unspecified atom stereocenters. The van der Waals surface area contributed by atoms with Gasteiger partial charge >= 0.3 is 5.97 Å². The second-order valence-electron chi connectivity index (χ2n) is 6.17. The summed E-state index contributed by atoms with van der Waals surface area (Å²) in [6, 6.07) is 7.70. The summed E-state index contributed by atoms with van der Waals surface area (Å²) in [6.07, 6.45) is 5.58. The molecule has 0 N–H and O–H groups in total. The van der Waals surface area contributed by atoms with Gasteiger partial charge in [0.25, 0.3) is 5.91 Å². The summed E-state index contributed by atoms with van der Waals surface area (Å²) >= 11 is 0. The van der Waals surface area contributed by atoms with Crippen molar-refractivity contribution in [3.05, 3.63) is 35.4 Å². The zero-order valence-electron chi connectivity index (χ0n) is 13.1. The molecule has 1 saturated carbocycles. The number of benzene rings is 1. The second kappa shape index (κ2) is 6.51. The third-order valence-electron chi connectivity index (χ3n) is 4.81. The van der Waals surface area contributed by atoms with Gasteiger partial charge in [-0.05, 0) is 31.4 Å². The summed E-state index contributed by atoms with van der Waals surface area (Å²) < 4.78 is 5.42. The van der Waals surface area contributed by atoms with E-state index in [4.69, 9.17) is 4.74 Å². The number of hydrogen-bond acceptors (Lipinski definition) is 3. The molecular weight excluding hydrogens is 278 g/mol. The fraction of sp³-hybridized carbons (Fsp3) is 0.556. The summed E-state index contributed by atoms with van der Waals surface area (Å²) in [5, 5.41) is 0. The van der Waals surface area contributed by atoms with Crippen molar-refractivity contribution in [2.24, 2.45) is 0 Å². The smallest absolute Gasteiger partial charge is 0.339 e. The Kier molecular flexibility index (Phi) is 4.46. The van der Waals surface area contributed by atoms with Gasteiger partial charge in [-0.15, -0.1) is 0 Å². The molecule has 3 rings (SSSR count). The molecule has 1 aliphatic heterocycles. The number of carbonyl (C=O) groups excluding carboxylic acids is 2. The molecule has 1 heterocycles. The Balaban J connectivity index is 1.76. The normalized spacial score (nSPS) is 21.9. The standard InChI is InChI=1S/C18H23NO3/c1-2-19(14-9-4-3-5-10-14)17(20)16-12-13-8-6-7-11-15(13)18(21)22-16/h6-8,11,14,16H,2-5,9-10,12H2,1H3. The van der Waals surface area contributed by atoms with Crippen LogP contribution in [0.15, 0.2) is 24.3 Å². The molecule has 0 spiro atoms. The number of cyclic esters (lactones) is 1. The van der Waals surface area contributed by atoms with E-state index < -0.39 is 6.10 Å². The van der Waals surface area contributed by atoms with Crippen molar-refractivity contribution in [3.63, 3.8) is 0 Å². The van der Waals surface area contributed by atoms with Crippen molar-refractivity contribution < 1.29 is 14.3 Å². The Bertz CT molecular complexity index is 563. The predicted octanol–water partition coefficient (Wildman–Crippen LogP) is 2.95. The van der Waals surface area contributed by atoms with Crippen LogP contribution in [-0.4, -0.2) is 35.5 Å². The quantitative estimate of drug-likeness (QED) is 0.806. The van der Waals surface area contributed by atoms with Crippen molar-refractivity contribution in [2.45, 2.75) is 57.6 Å². The second-order valence-corrected chi connectivity index (χ2v) is 6.17. The van der Waals surface area contributed by atoms with E-state index in [-0.39, 0.29) is 11.9 Å². The fourth-order valence-corrected chi connectivity index (χ4v) is 3.64. The minimum Gasteiger partial charge on any atom is -0.448 e. The van der Waals surface area contributed by atoms with Gasteiger partial charge in [0.1, 0.15) is 0 Å². The summed E-state index contributed by atoms with van der Waals surface area (Å²) in [6.45, 7) is 2.68. The molecule has 118 valence electrons. The highest BCUT2D eigenvalue weighted by Crippen LogP contribution is 2.26. The summed E-state index contributed by atoms with van der Waals surface area (Å²) in [4.78, 5) is 26.8. The van der Waals surface area contributed by atoms with Crippen LogP contribution in [0.1, 0.15) is 54.9 Å². The Hall–Kier alpha value is -1.84. The fourth-order valence-electron chi connectivity index (χ4n) is 3.64. The van der Waals surface area contributed by atoms with Crippen LogP contribution in [0.3, 0.4) is 0 Å². The molecule has 0 radical (unpaired) electrons. The lowest BCUT2D eigenvalue weighted by molar-refractivity contribution is -0.144. The monoisotopic (exact) mass is 301 g/mol. The highest BCUT2D eigenvalue weighted by Gasteiger charge is 2.35. The van der Waals surface area contributed by atoms with Gasteiger partial charge in [-0.3, -0.25) is 4.79 Å². The molecule has 22 heavy (non-hydrogen) atoms. The molecule has 4 nitrogen and oxygen atoms in total. The minimum absolute atomic E-state index is 0.0303. The number of esters is 1. The number of rotatable bonds is 3. The SMILES string of the molecule is CCN(C(=O)C1Cc2ccccc2C(=O)O1)C1CCCCC1. The highest BCUT2D eigenvalue weighted by atomic mass is 16.5. The minimum atomic E-state index is -0.663. The van der Waals surface area contributed by atoms with E-state index in [1.54, 1.807) is 6.07 Å². The molecule has 2 aliphatic rings. The van der Waals surface area contributed by atoms with Crippen molar-refractivity contribution in [2.75, 3.05) is 6.54 Å². The largest absolute Gasteiger partial charge is 0.448 e. The van der Waals surface area contributed by atoms with Gasteiger partial charge in [-0.25, -0.2) is 4.79 Å². The van der Waals surface area contributed by atoms with Gasteiger partial charge in [0.05, 0.1) is 5.56 Å². The Morgan fingerprint density at radius 2 is 1.95 bits per heavy atom. The van der Waals surface area contributed by atoms with E-state index in [1.165, 1.54) is 19.3 Å². The first-order chi connectivity index (χ1) is 10.7. The molecule has 1 aromatic rings. The first-order valence-corrected chi connectivity index (χ1v) is 8.30. The average molecular weight is 301 g/mol. The molecule has 1 atom stereocenters. The number of amides is 1. The maximum atomic E-state index is 12.8. The zero-order valence-corrected chi connectivity index (χ0v) is 13.1. The molecule has 1 fully saturated rings. The summed E-state index contributed by atoms with van der Waals surface area (Å²) in [5.41, 5.74) is 1.50. The van der Waals surface area contributed by atoms with Gasteiger partial charge in [0, 0.05) is 19.0 Å². The van der Waals surface area contributed by atoms with Crippen molar-refractivity contribution in [3.8, 4) is 0 Å². The van der Waals surface area contributed by atoms with Crippen LogP contribution in [0, 0.1) is 0 Å². The van der Waals surface area contributed by atoms with Crippen LogP contribution < -0.4 is 0 Å². The third kappa shape index (κ3) is 2.87. The van der Waals surface area contributed by atoms with E-state index in [1.807, 2.05) is 30.0 Å². The van der Waals surface area contributed by atoms with E-state index in [9.17, 15) is 9.59 Å². The molecular formula is C18H23NO3. The number of carbonyl (C=O) groups is 2. The van der Waals surface area contributed by atoms with Gasteiger partial charge in [-0.1, -0.05) is 37.5 Å². The van der Waals surface area contributed by atoms with Crippen LogP contribution in [-0.2, 0) is 16.0 Å². The maximum Gasteiger partial charge on any atom is 0.339 e. The molecule has 0 bridgehead atoms. The van der Waals surface area contributed by atoms with Crippen LogP contribution in [0.2, 0.25) is 0 Å². The lowest BCUT2D eigenvalue weighted by atomic mass is 9.92. The number of likely N-dealkylation sites (N-methyl/N-ethyl adjacent to an activating group) is 1. The lowest BCUT2D eigenvalue weighted by Crippen LogP contribution is -2.49. The molecule has 0 saturated heterocycles. The molecule has 4 heteroatoms. The third-order valence-corrected chi connectivity index (χ3v) is 4.81. The van der Waals surface area contributed by atoms with Gasteiger partial charge < -0.3 is 9.64 Å². The lowest BCUT2D eigenvalue weighted by Gasteiger charge is -2.36. The van der Waals surface area contributed by atoms with Gasteiger partial charge in [0.15, 0.2) is 6.10 Å². The number of hydrogen-bond donors (Lipinski definition) is 0. The van der Waals surface area contributed by atoms with Crippen molar-refractivity contribution >= 4 is 11.9 Å². The van der Waals surface area contributed by atoms with Gasteiger partial charge in [0.2, 0.25) is 0 Å². The predicted molar refractivity (Wildman–Crippen MR) is 83.6 cm³/mol. The number of nitrogens with zero attached hydrogens (tertiary/aromatic N) is 1. The van der Waals surface area contributed by atoms with Gasteiger partial charge in [-0.2, -0.15) is 0 Å². The first-order valence-electron chi connectivity index (χ1n) is 8.30. The maximum absolute atomic E-state index is 12.8. The van der Waals surface area contributed by atoms with E-state index in [2.05, 4.69) is 0 Å². The average Bonchev–Trinajstić information content (AvgIpc) is 2.56. The van der Waals surface area contributed by atoms with Crippen LogP contribution in [0.4, 0.5) is 0 Å². The first kappa shape index (κ1) is 15.1. The molecule has 1 aromatic carbocycles. The van der Waals surface area contributed by atoms with Crippen molar-refractivity contribution in [1.29, 1.82) is 0 Å². The Morgan fingerprint density at radius 3 is 2.68 bits per heavy atom. The highest BCUT2D eigenvalue weighted by molar-refractivity contribution is 5.95. The van der Waals surface area contributed by atoms with E-state index >= 15 is 0 Å². The Labute approximate surface area is 131 Å². The molecule has 1 aliphatic carbocycles. The molecule has 0 aromatic heterocycles. The number of fused-ring (bicyclic) bond motifs is 1. The van der Waals surface area contributed by atoms with Crippen LogP contribution in [0.5, 0.6) is 0 Å². The number of ether oxygens (including phenoxy) is 1. The van der Waals surface area contributed by atoms with E-state index in [0.717, 1.165) is 18.4 Å². The van der Waals surface area contributed by atoms with Crippen LogP contribution >= 0.6 is 0 Å².